The summed E-state index contributed by atoms with van der Waals surface area (Å²) in [5, 5.41) is 0. The lowest BCUT2D eigenvalue weighted by Crippen LogP contribution is -2.71. The van der Waals surface area contributed by atoms with Crippen molar-refractivity contribution in [3.63, 3.8) is 0 Å². The quantitative estimate of drug-likeness (QED) is 0.390. The average Bonchev–Trinajstić information content (AvgIpc) is 2.57. The smallest absolute Gasteiger partial charge is 0.312 e. The van der Waals surface area contributed by atoms with E-state index in [0.717, 1.165) is 32.1 Å². The predicted molar refractivity (Wildman–Crippen MR) is 85.9 cm³/mol. The molecule has 0 aromatic heterocycles. The van der Waals surface area contributed by atoms with Gasteiger partial charge >= 0.3 is 5.97 Å². The molecule has 128 valence electrons. The van der Waals surface area contributed by atoms with E-state index in [9.17, 15) is 14.4 Å². The molecule has 24 heavy (non-hydrogen) atoms. The summed E-state index contributed by atoms with van der Waals surface area (Å²) in [5.41, 5.74) is -1.07. The van der Waals surface area contributed by atoms with E-state index in [1.54, 1.807) is 0 Å². The maximum Gasteiger partial charge on any atom is 0.312 e. The Hall–Kier alpha value is -1.45. The van der Waals surface area contributed by atoms with E-state index < -0.39 is 10.8 Å². The van der Waals surface area contributed by atoms with E-state index in [2.05, 4.69) is 13.5 Å². The van der Waals surface area contributed by atoms with Crippen molar-refractivity contribution >= 4 is 17.5 Å². The Morgan fingerprint density at radius 2 is 1.92 bits per heavy atom. The molecular weight excluding hydrogens is 304 g/mol. The number of esters is 1. The van der Waals surface area contributed by atoms with Crippen molar-refractivity contribution in [1.82, 2.24) is 0 Å². The van der Waals surface area contributed by atoms with E-state index in [1.165, 1.54) is 0 Å². The van der Waals surface area contributed by atoms with E-state index in [4.69, 9.17) is 4.74 Å². The number of allylic oxidation sites excluding steroid dienone is 1. The van der Waals surface area contributed by atoms with Crippen molar-refractivity contribution in [2.45, 2.75) is 51.9 Å². The highest BCUT2D eigenvalue weighted by Gasteiger charge is 2.75. The van der Waals surface area contributed by atoms with Gasteiger partial charge < -0.3 is 4.74 Å². The van der Waals surface area contributed by atoms with Crippen LogP contribution in [0.25, 0.3) is 0 Å². The van der Waals surface area contributed by atoms with Gasteiger partial charge in [-0.25, -0.2) is 0 Å². The van der Waals surface area contributed by atoms with Gasteiger partial charge in [-0.1, -0.05) is 19.9 Å². The van der Waals surface area contributed by atoms with Gasteiger partial charge in [0.1, 0.15) is 5.78 Å². The monoisotopic (exact) mass is 328 g/mol. The molecule has 4 heteroatoms. The number of hydrogen-bond donors (Lipinski definition) is 0. The summed E-state index contributed by atoms with van der Waals surface area (Å²) in [5.74, 6) is -0.0802. The van der Waals surface area contributed by atoms with Gasteiger partial charge in [0.15, 0.2) is 5.78 Å². The fourth-order valence-corrected chi connectivity index (χ4v) is 7.24. The molecule has 0 radical (unpaired) electrons. The summed E-state index contributed by atoms with van der Waals surface area (Å²) in [7, 11) is 0. The lowest BCUT2D eigenvalue weighted by molar-refractivity contribution is -0.230. The number of rotatable bonds is 0. The van der Waals surface area contributed by atoms with Crippen LogP contribution in [0.4, 0.5) is 0 Å². The topological polar surface area (TPSA) is 60.4 Å². The molecule has 0 amide bonds. The second-order valence-corrected chi connectivity index (χ2v) is 9.15. The van der Waals surface area contributed by atoms with Crippen molar-refractivity contribution in [1.29, 1.82) is 0 Å². The van der Waals surface area contributed by atoms with Crippen LogP contribution in [0.3, 0.4) is 0 Å². The van der Waals surface area contributed by atoms with Crippen molar-refractivity contribution in [2.75, 3.05) is 6.61 Å². The van der Waals surface area contributed by atoms with Crippen molar-refractivity contribution in [2.24, 2.45) is 34.0 Å². The van der Waals surface area contributed by atoms with Gasteiger partial charge in [-0.05, 0) is 55.4 Å². The summed E-state index contributed by atoms with van der Waals surface area (Å²) in [6.45, 7) is 6.59. The molecule has 4 bridgehead atoms. The van der Waals surface area contributed by atoms with Gasteiger partial charge in [-0.2, -0.15) is 0 Å². The van der Waals surface area contributed by atoms with Crippen molar-refractivity contribution in [3.8, 4) is 0 Å². The zero-order chi connectivity index (χ0) is 16.9. The average molecular weight is 328 g/mol. The lowest BCUT2D eigenvalue weighted by Gasteiger charge is -2.67. The van der Waals surface area contributed by atoms with Gasteiger partial charge in [-0.15, -0.1) is 0 Å². The molecule has 6 rings (SSSR count). The molecule has 5 saturated carbocycles. The van der Waals surface area contributed by atoms with E-state index in [1.807, 2.05) is 0 Å². The number of carbonyl (C=O) groups excluding carboxylic acids is 3. The van der Waals surface area contributed by atoms with E-state index in [0.29, 0.717) is 25.0 Å². The summed E-state index contributed by atoms with van der Waals surface area (Å²) in [4.78, 5) is 39.4. The number of ketones is 2. The lowest BCUT2D eigenvalue weighted by atomic mass is 9.35. The molecule has 6 atom stereocenters. The fraction of sp³-hybridized carbons (Fsp3) is 0.750. The number of carbonyl (C=O) groups is 3. The Balaban J connectivity index is 1.74. The Morgan fingerprint density at radius 1 is 1.12 bits per heavy atom. The van der Waals surface area contributed by atoms with Crippen LogP contribution >= 0.6 is 0 Å². The van der Waals surface area contributed by atoms with Crippen LogP contribution in [-0.4, -0.2) is 24.1 Å². The van der Waals surface area contributed by atoms with Crippen LogP contribution in [0.5, 0.6) is 0 Å². The zero-order valence-corrected chi connectivity index (χ0v) is 14.2. The molecule has 0 aromatic carbocycles. The first-order chi connectivity index (χ1) is 11.4. The van der Waals surface area contributed by atoms with Crippen LogP contribution in [-0.2, 0) is 19.1 Å². The second-order valence-electron chi connectivity index (χ2n) is 9.15. The Bertz CT molecular complexity index is 708. The normalized spacial score (nSPS) is 52.6. The highest BCUT2D eigenvalue weighted by Crippen LogP contribution is 2.71. The summed E-state index contributed by atoms with van der Waals surface area (Å²) < 4.78 is 5.67. The summed E-state index contributed by atoms with van der Waals surface area (Å²) in [6.07, 6.45) is 5.37. The SMILES string of the molecule is C=C1C(=O)C23CC[C@@H]1CC2[C@@]12CCC[C@@](C)(COC1=O)C2CC3=O. The maximum atomic E-state index is 13.3. The molecule has 0 aromatic rings. The maximum absolute atomic E-state index is 13.3. The number of ether oxygens (including phenoxy) is 1. The zero-order valence-electron chi connectivity index (χ0n) is 14.2. The van der Waals surface area contributed by atoms with Crippen LogP contribution < -0.4 is 0 Å². The first-order valence-electron chi connectivity index (χ1n) is 9.30. The molecule has 6 aliphatic rings. The minimum atomic E-state index is -0.975. The van der Waals surface area contributed by atoms with Crippen LogP contribution in [0.1, 0.15) is 51.9 Å². The third-order valence-electron chi connectivity index (χ3n) is 8.42. The number of hydrogen-bond acceptors (Lipinski definition) is 4. The third kappa shape index (κ3) is 1.34. The second kappa shape index (κ2) is 4.20. The highest BCUT2D eigenvalue weighted by atomic mass is 16.5. The molecule has 3 unspecified atom stereocenters. The molecule has 1 saturated heterocycles. The standard InChI is InChI=1S/C20H24O4/c1-11-12-4-7-20(16(11)22)14(8-12)19-6-3-5-18(2,10-24-17(19)23)13(19)9-15(20)21/h12-14H,1,3-10H2,2H3/t12-,13?,14?,18+,19+,20?/m1/s1. The Kier molecular flexibility index (Phi) is 2.60. The fourth-order valence-electron chi connectivity index (χ4n) is 7.24. The first-order valence-corrected chi connectivity index (χ1v) is 9.30. The van der Waals surface area contributed by atoms with Crippen LogP contribution in [0.15, 0.2) is 12.2 Å². The minimum absolute atomic E-state index is 0.0449. The summed E-state index contributed by atoms with van der Waals surface area (Å²) >= 11 is 0. The molecule has 1 spiro atoms. The van der Waals surface area contributed by atoms with Gasteiger partial charge in [0.25, 0.3) is 0 Å². The van der Waals surface area contributed by atoms with Gasteiger partial charge in [0, 0.05) is 11.8 Å². The molecule has 1 heterocycles. The number of Topliss-reactive ketones (excluding diaryl/α,β-unsaturated/α-hetero) is 2. The van der Waals surface area contributed by atoms with Gasteiger partial charge in [-0.3, -0.25) is 14.4 Å². The van der Waals surface area contributed by atoms with Gasteiger partial charge in [0.2, 0.25) is 0 Å². The molecule has 6 fully saturated rings. The van der Waals surface area contributed by atoms with Gasteiger partial charge in [0.05, 0.1) is 17.4 Å². The largest absolute Gasteiger partial charge is 0.465 e. The number of fused-ring (bicyclic) bond motifs is 2. The van der Waals surface area contributed by atoms with Crippen molar-refractivity contribution in [3.05, 3.63) is 12.2 Å². The predicted octanol–water partition coefficient (Wildman–Crippen LogP) is 2.85. The molecule has 0 N–H and O–H groups in total. The highest BCUT2D eigenvalue weighted by molar-refractivity contribution is 6.17. The first kappa shape index (κ1) is 14.9. The molecule has 4 nitrogen and oxygen atoms in total. The number of cyclic esters (lactones) is 1. The minimum Gasteiger partial charge on any atom is -0.465 e. The Labute approximate surface area is 142 Å². The van der Waals surface area contributed by atoms with E-state index >= 15 is 0 Å². The van der Waals surface area contributed by atoms with E-state index in [-0.39, 0.29) is 40.7 Å². The third-order valence-corrected chi connectivity index (χ3v) is 8.42. The van der Waals surface area contributed by atoms with Crippen molar-refractivity contribution < 1.29 is 19.1 Å². The molecular formula is C20H24O4. The van der Waals surface area contributed by atoms with Crippen LogP contribution in [0, 0.1) is 34.0 Å². The molecule has 5 aliphatic carbocycles. The Morgan fingerprint density at radius 3 is 2.71 bits per heavy atom. The molecule has 1 aliphatic heterocycles. The van der Waals surface area contributed by atoms with Crippen LogP contribution in [0.2, 0.25) is 0 Å². The summed E-state index contributed by atoms with van der Waals surface area (Å²) in [6, 6.07) is 0.